The van der Waals surface area contributed by atoms with E-state index in [1.54, 1.807) is 30.3 Å². The summed E-state index contributed by atoms with van der Waals surface area (Å²) in [5.74, 6) is -0.0424. The zero-order valence-electron chi connectivity index (χ0n) is 17.1. The Hall–Kier alpha value is -3.20. The van der Waals surface area contributed by atoms with Gasteiger partial charge in [-0.05, 0) is 43.7 Å². The van der Waals surface area contributed by atoms with E-state index in [-0.39, 0.29) is 16.9 Å². The van der Waals surface area contributed by atoms with Crippen molar-refractivity contribution in [2.75, 3.05) is 29.7 Å². The second kappa shape index (κ2) is 8.66. The molecular formula is C21H24N4O4S. The average molecular weight is 429 g/mol. The molecule has 30 heavy (non-hydrogen) atoms. The van der Waals surface area contributed by atoms with Gasteiger partial charge in [-0.25, -0.2) is 13.4 Å². The number of amides is 1. The van der Waals surface area contributed by atoms with Crippen LogP contribution in [0.25, 0.3) is 10.9 Å². The molecule has 2 aromatic carbocycles. The number of hydrogen-bond donors (Lipinski definition) is 1. The quantitative estimate of drug-likeness (QED) is 0.617. The SMILES string of the molecule is CCN(CC)c1nc2ccccc2c(=O)n1NC(=O)Cc1ccc(S(C)(=O)=O)cc1. The first-order chi connectivity index (χ1) is 14.2. The fourth-order valence-electron chi connectivity index (χ4n) is 3.14. The van der Waals surface area contributed by atoms with Crippen LogP contribution in [0, 0.1) is 0 Å². The van der Waals surface area contributed by atoms with Crippen LogP contribution in [0.3, 0.4) is 0 Å². The highest BCUT2D eigenvalue weighted by Crippen LogP contribution is 2.15. The Balaban J connectivity index is 1.94. The summed E-state index contributed by atoms with van der Waals surface area (Å²) in [4.78, 5) is 32.4. The standard InChI is InChI=1S/C21H24N4O4S/c1-4-24(5-2)21-22-18-9-7-6-8-17(18)20(27)25(21)23-19(26)14-15-10-12-16(13-11-15)30(3,28)29/h6-13H,4-5,14H2,1-3H3,(H,23,26). The van der Waals surface area contributed by atoms with Gasteiger partial charge in [0.15, 0.2) is 9.84 Å². The molecule has 8 nitrogen and oxygen atoms in total. The van der Waals surface area contributed by atoms with Crippen molar-refractivity contribution in [2.24, 2.45) is 0 Å². The van der Waals surface area contributed by atoms with Crippen LogP contribution in [-0.2, 0) is 21.1 Å². The molecule has 1 heterocycles. The number of hydrogen-bond acceptors (Lipinski definition) is 6. The smallest absolute Gasteiger partial charge is 0.281 e. The van der Waals surface area contributed by atoms with Gasteiger partial charge in [-0.15, -0.1) is 0 Å². The molecule has 0 fully saturated rings. The third-order valence-corrected chi connectivity index (χ3v) is 5.89. The van der Waals surface area contributed by atoms with Crippen LogP contribution >= 0.6 is 0 Å². The maximum absolute atomic E-state index is 13.0. The molecule has 0 saturated carbocycles. The molecule has 1 amide bonds. The predicted octanol–water partition coefficient (Wildman–Crippen LogP) is 1.96. The lowest BCUT2D eigenvalue weighted by molar-refractivity contribution is -0.116. The second-order valence-corrected chi connectivity index (χ2v) is 8.89. The van der Waals surface area contributed by atoms with Gasteiger partial charge in [0.05, 0.1) is 22.2 Å². The first-order valence-corrected chi connectivity index (χ1v) is 11.5. The van der Waals surface area contributed by atoms with E-state index in [4.69, 9.17) is 0 Å². The third-order valence-electron chi connectivity index (χ3n) is 4.76. The Bertz CT molecular complexity index is 1230. The van der Waals surface area contributed by atoms with Crippen LogP contribution in [0.2, 0.25) is 0 Å². The molecule has 1 aromatic heterocycles. The van der Waals surface area contributed by atoms with Crippen LogP contribution in [0.15, 0.2) is 58.2 Å². The normalized spacial score (nSPS) is 11.4. The van der Waals surface area contributed by atoms with Gasteiger partial charge < -0.3 is 4.90 Å². The number of para-hydroxylation sites is 1. The average Bonchev–Trinajstić information content (AvgIpc) is 2.71. The Morgan fingerprint density at radius 1 is 1.07 bits per heavy atom. The van der Waals surface area contributed by atoms with Gasteiger partial charge in [-0.1, -0.05) is 24.3 Å². The van der Waals surface area contributed by atoms with Gasteiger partial charge in [0.25, 0.3) is 5.56 Å². The first kappa shape index (κ1) is 21.5. The van der Waals surface area contributed by atoms with Gasteiger partial charge in [0.2, 0.25) is 11.9 Å². The Morgan fingerprint density at radius 3 is 2.30 bits per heavy atom. The van der Waals surface area contributed by atoms with Crippen molar-refractivity contribution >= 4 is 32.6 Å². The molecule has 0 atom stereocenters. The highest BCUT2D eigenvalue weighted by molar-refractivity contribution is 7.90. The molecule has 3 rings (SSSR count). The third kappa shape index (κ3) is 4.51. The van der Waals surface area contributed by atoms with Crippen LogP contribution in [0.4, 0.5) is 5.95 Å². The molecule has 0 bridgehead atoms. The maximum atomic E-state index is 13.0. The summed E-state index contributed by atoms with van der Waals surface area (Å²) in [6, 6.07) is 13.1. The fraction of sp³-hybridized carbons (Fsp3) is 0.286. The maximum Gasteiger partial charge on any atom is 0.281 e. The van der Waals surface area contributed by atoms with Crippen molar-refractivity contribution in [3.8, 4) is 0 Å². The lowest BCUT2D eigenvalue weighted by Gasteiger charge is -2.24. The summed E-state index contributed by atoms with van der Waals surface area (Å²) < 4.78 is 24.3. The lowest BCUT2D eigenvalue weighted by Crippen LogP contribution is -2.40. The number of anilines is 1. The number of sulfone groups is 1. The van der Waals surface area contributed by atoms with Crippen LogP contribution in [0.5, 0.6) is 0 Å². The van der Waals surface area contributed by atoms with Gasteiger partial charge in [-0.3, -0.25) is 15.0 Å². The topological polar surface area (TPSA) is 101 Å². The minimum atomic E-state index is -3.30. The number of carbonyl (C=O) groups is 1. The van der Waals surface area contributed by atoms with E-state index in [9.17, 15) is 18.0 Å². The van der Waals surface area contributed by atoms with Crippen molar-refractivity contribution in [1.82, 2.24) is 9.66 Å². The van der Waals surface area contributed by atoms with Gasteiger partial charge in [0, 0.05) is 19.3 Å². The van der Waals surface area contributed by atoms with Gasteiger partial charge >= 0.3 is 0 Å². The number of benzene rings is 2. The molecule has 1 N–H and O–H groups in total. The largest absolute Gasteiger partial charge is 0.341 e. The first-order valence-electron chi connectivity index (χ1n) is 9.60. The van der Waals surface area contributed by atoms with Crippen molar-refractivity contribution in [2.45, 2.75) is 25.2 Å². The molecule has 0 spiro atoms. The van der Waals surface area contributed by atoms with E-state index in [1.165, 1.54) is 16.8 Å². The predicted molar refractivity (Wildman–Crippen MR) is 117 cm³/mol. The highest BCUT2D eigenvalue weighted by atomic mass is 32.2. The van der Waals surface area contributed by atoms with Crippen molar-refractivity contribution < 1.29 is 13.2 Å². The molecule has 158 valence electrons. The van der Waals surface area contributed by atoms with Crippen molar-refractivity contribution in [1.29, 1.82) is 0 Å². The van der Waals surface area contributed by atoms with E-state index >= 15 is 0 Å². The molecule has 0 unspecified atom stereocenters. The van der Waals surface area contributed by atoms with Crippen LogP contribution in [-0.4, -0.2) is 43.3 Å². The number of aromatic nitrogens is 2. The zero-order chi connectivity index (χ0) is 21.9. The minimum Gasteiger partial charge on any atom is -0.341 e. The van der Waals surface area contributed by atoms with E-state index in [1.807, 2.05) is 24.8 Å². The molecule has 0 aliphatic heterocycles. The summed E-state index contributed by atoms with van der Waals surface area (Å²) >= 11 is 0. The van der Waals surface area contributed by atoms with E-state index in [0.717, 1.165) is 6.26 Å². The Labute approximate surface area is 175 Å². The van der Waals surface area contributed by atoms with E-state index in [0.29, 0.717) is 35.5 Å². The van der Waals surface area contributed by atoms with E-state index in [2.05, 4.69) is 10.4 Å². The van der Waals surface area contributed by atoms with Gasteiger partial charge in [0.1, 0.15) is 0 Å². The molecule has 0 aliphatic carbocycles. The summed E-state index contributed by atoms with van der Waals surface area (Å²) in [6.07, 6.45) is 1.11. The molecule has 0 radical (unpaired) electrons. The summed E-state index contributed by atoms with van der Waals surface area (Å²) in [5.41, 5.74) is 3.49. The highest BCUT2D eigenvalue weighted by Gasteiger charge is 2.17. The second-order valence-electron chi connectivity index (χ2n) is 6.87. The molecule has 9 heteroatoms. The Morgan fingerprint density at radius 2 is 1.70 bits per heavy atom. The van der Waals surface area contributed by atoms with Crippen molar-refractivity contribution in [3.63, 3.8) is 0 Å². The van der Waals surface area contributed by atoms with Gasteiger partial charge in [-0.2, -0.15) is 4.68 Å². The number of fused-ring (bicyclic) bond motifs is 1. The van der Waals surface area contributed by atoms with Crippen LogP contribution in [0.1, 0.15) is 19.4 Å². The molecule has 0 saturated heterocycles. The fourth-order valence-corrected chi connectivity index (χ4v) is 3.77. The zero-order valence-corrected chi connectivity index (χ0v) is 17.9. The summed E-state index contributed by atoms with van der Waals surface area (Å²) in [6.45, 7) is 5.12. The Kier molecular flexibility index (Phi) is 6.21. The summed E-state index contributed by atoms with van der Waals surface area (Å²) in [7, 11) is -3.30. The number of nitrogens with zero attached hydrogens (tertiary/aromatic N) is 3. The number of nitrogens with one attached hydrogen (secondary N) is 1. The lowest BCUT2D eigenvalue weighted by atomic mass is 10.1. The monoisotopic (exact) mass is 428 g/mol. The number of rotatable bonds is 7. The molecule has 0 aliphatic rings. The minimum absolute atomic E-state index is 0.0129. The van der Waals surface area contributed by atoms with Crippen LogP contribution < -0.4 is 15.9 Å². The molecular weight excluding hydrogens is 404 g/mol. The van der Waals surface area contributed by atoms with Crippen molar-refractivity contribution in [3.05, 3.63) is 64.4 Å². The number of carbonyl (C=O) groups excluding carboxylic acids is 1. The summed E-state index contributed by atoms with van der Waals surface area (Å²) in [5, 5.41) is 0.409. The van der Waals surface area contributed by atoms with E-state index < -0.39 is 15.7 Å². The molecule has 3 aromatic rings.